The maximum atomic E-state index is 7.81. The van der Waals surface area contributed by atoms with Crippen LogP contribution in [0, 0.1) is 11.8 Å². The third-order valence-corrected chi connectivity index (χ3v) is 4.71. The van der Waals surface area contributed by atoms with Gasteiger partial charge >= 0.3 is 0 Å². The third-order valence-electron chi connectivity index (χ3n) is 2.16. The van der Waals surface area contributed by atoms with E-state index in [2.05, 4.69) is 37.9 Å². The fraction of sp³-hybridized carbons (Fsp3) is 0.750. The Morgan fingerprint density at radius 2 is 2.40 bits per heavy atom. The molecule has 0 N–H and O–H groups in total. The summed E-state index contributed by atoms with van der Waals surface area (Å²) in [7, 11) is 0. The molecule has 2 aliphatic rings. The first-order chi connectivity index (χ1) is 5.61. The number of halogens is 2. The predicted octanol–water partition coefficient (Wildman–Crippen LogP) is 3.46. The smallest absolute Gasteiger partial charge is 0.0486 e. The average Bonchev–Trinajstić information content (AvgIpc) is 2.28. The number of hydrogen-bond acceptors (Lipinski definition) is 0. The quantitative estimate of drug-likeness (QED) is 0.590. The summed E-state index contributed by atoms with van der Waals surface area (Å²) >= 11 is 7.03. The van der Waals surface area contributed by atoms with Gasteiger partial charge in [-0.2, -0.15) is 0 Å². The predicted molar refractivity (Wildman–Crippen MR) is 50.6 cm³/mol. The van der Waals surface area contributed by atoms with Crippen LogP contribution in [0.4, 0.5) is 0 Å². The van der Waals surface area contributed by atoms with E-state index < -0.39 is 0 Å². The van der Waals surface area contributed by atoms with Crippen LogP contribution in [0.5, 0.6) is 0 Å². The molecule has 2 aliphatic carbocycles. The molecule has 0 aliphatic heterocycles. The van der Waals surface area contributed by atoms with Gasteiger partial charge in [-0.3, -0.25) is 0 Å². The molecule has 0 unspecified atom stereocenters. The first-order valence-corrected chi connectivity index (χ1v) is 5.18. The Kier molecular flexibility index (Phi) is 1.41. The highest BCUT2D eigenvalue weighted by Crippen LogP contribution is 2.45. The number of rotatable bonds is 0. The minimum absolute atomic E-state index is 0.217. The summed E-state index contributed by atoms with van der Waals surface area (Å²) in [5.74, 6) is 0.637. The van der Waals surface area contributed by atoms with Crippen LogP contribution in [0.3, 0.4) is 0 Å². The lowest BCUT2D eigenvalue weighted by atomic mass is 9.96. The van der Waals surface area contributed by atoms with Gasteiger partial charge in [-0.05, 0) is 31.1 Å². The molecule has 2 rings (SSSR count). The van der Waals surface area contributed by atoms with Crippen molar-refractivity contribution in [1.29, 1.82) is 0 Å². The Labute approximate surface area is 81.1 Å². The standard InChI is InChI=1S/C8H10Br2/c9-7-4-5-1-2-6(3-5)8(7)10/h4-6,8H,1-3H2/t5-,6+,8-/m0/s1/i1D,2D/t1-,2+,5+,6-,8+/m1. The second-order valence-corrected chi connectivity index (χ2v) is 4.80. The highest BCUT2D eigenvalue weighted by atomic mass is 79.9. The Balaban J connectivity index is 2.30. The molecule has 2 bridgehead atoms. The van der Waals surface area contributed by atoms with Gasteiger partial charge in [0.2, 0.25) is 0 Å². The first kappa shape index (κ1) is 5.36. The van der Waals surface area contributed by atoms with E-state index in [-0.39, 0.29) is 17.6 Å². The van der Waals surface area contributed by atoms with Gasteiger partial charge in [-0.1, -0.05) is 37.9 Å². The van der Waals surface area contributed by atoms with Gasteiger partial charge in [0.15, 0.2) is 0 Å². The van der Waals surface area contributed by atoms with E-state index >= 15 is 0 Å². The fourth-order valence-corrected chi connectivity index (χ4v) is 2.82. The van der Waals surface area contributed by atoms with Crippen LogP contribution >= 0.6 is 31.9 Å². The van der Waals surface area contributed by atoms with Crippen LogP contribution in [0.25, 0.3) is 0 Å². The molecule has 1 fully saturated rings. The van der Waals surface area contributed by atoms with E-state index in [1.165, 1.54) is 0 Å². The van der Waals surface area contributed by atoms with Crippen LogP contribution in [0.2, 0.25) is 0 Å². The first-order valence-electron chi connectivity index (χ1n) is 4.62. The molecule has 10 heavy (non-hydrogen) atoms. The normalized spacial score (nSPS) is 63.0. The van der Waals surface area contributed by atoms with E-state index in [0.717, 1.165) is 10.9 Å². The molecule has 0 aromatic rings. The van der Waals surface area contributed by atoms with Crippen LogP contribution < -0.4 is 0 Å². The molecule has 0 spiro atoms. The minimum Gasteiger partial charge on any atom is -0.0830 e. The lowest BCUT2D eigenvalue weighted by Crippen LogP contribution is -2.15. The molecule has 0 amide bonds. The molecule has 5 atom stereocenters. The number of alkyl halides is 1. The zero-order valence-corrected chi connectivity index (χ0v) is 8.60. The second kappa shape index (κ2) is 2.63. The Morgan fingerprint density at radius 1 is 1.60 bits per heavy atom. The second-order valence-electron chi connectivity index (χ2n) is 2.90. The zero-order chi connectivity index (χ0) is 8.88. The highest BCUT2D eigenvalue weighted by molar-refractivity contribution is 9.14. The summed E-state index contributed by atoms with van der Waals surface area (Å²) in [4.78, 5) is 0.270. The average molecular weight is 268 g/mol. The largest absolute Gasteiger partial charge is 0.0830 e. The van der Waals surface area contributed by atoms with Crippen molar-refractivity contribution in [3.05, 3.63) is 10.6 Å². The molecule has 1 saturated carbocycles. The van der Waals surface area contributed by atoms with Crippen molar-refractivity contribution in [2.45, 2.75) is 24.0 Å². The molecule has 0 aromatic carbocycles. The van der Waals surface area contributed by atoms with Crippen molar-refractivity contribution >= 4 is 31.9 Å². The Bertz CT molecular complexity index is 229. The number of allylic oxidation sites excluding steroid dienone is 2. The summed E-state index contributed by atoms with van der Waals surface area (Å²) in [5, 5.41) is 0. The summed E-state index contributed by atoms with van der Waals surface area (Å²) in [6.45, 7) is 0. The van der Waals surface area contributed by atoms with Crippen LogP contribution in [0.15, 0.2) is 10.6 Å². The van der Waals surface area contributed by atoms with E-state index in [1.807, 2.05) is 0 Å². The number of hydrogen-bond donors (Lipinski definition) is 0. The Hall–Kier alpha value is 0.700. The summed E-state index contributed by atoms with van der Waals surface area (Å²) < 4.78 is 16.7. The van der Waals surface area contributed by atoms with Crippen molar-refractivity contribution in [3.8, 4) is 0 Å². The lowest BCUT2D eigenvalue weighted by Gasteiger charge is -2.21. The fourth-order valence-electron chi connectivity index (χ4n) is 1.60. The van der Waals surface area contributed by atoms with Gasteiger partial charge in [-0.15, -0.1) is 0 Å². The molecule has 0 aromatic heterocycles. The minimum atomic E-state index is -0.218. The molecule has 56 valence electrons. The summed E-state index contributed by atoms with van der Waals surface area (Å²) in [6, 6.07) is 0. The summed E-state index contributed by atoms with van der Waals surface area (Å²) in [6.07, 6.45) is 2.67. The molecule has 0 saturated heterocycles. The molecule has 0 nitrogen and oxygen atoms in total. The maximum Gasteiger partial charge on any atom is 0.0486 e. The van der Waals surface area contributed by atoms with E-state index in [0.29, 0.717) is 11.8 Å². The third kappa shape index (κ3) is 1.10. The van der Waals surface area contributed by atoms with Gasteiger partial charge in [0.1, 0.15) is 0 Å². The lowest BCUT2D eigenvalue weighted by molar-refractivity contribution is 0.532. The monoisotopic (exact) mass is 266 g/mol. The number of fused-ring (bicyclic) bond motifs is 2. The zero-order valence-electron chi connectivity index (χ0n) is 7.43. The van der Waals surface area contributed by atoms with E-state index in [1.54, 1.807) is 0 Å². The molecule has 2 heteroatoms. The SMILES string of the molecule is [2H][C@@H]1[C@H]([2H])[C@@H]2C[C@H]1C=C(Br)[C@H]2Br. The molecule has 0 heterocycles. The van der Waals surface area contributed by atoms with Crippen LogP contribution in [-0.4, -0.2) is 4.83 Å². The highest BCUT2D eigenvalue weighted by Gasteiger charge is 2.34. The van der Waals surface area contributed by atoms with Crippen molar-refractivity contribution in [3.63, 3.8) is 0 Å². The van der Waals surface area contributed by atoms with Crippen molar-refractivity contribution in [2.75, 3.05) is 0 Å². The molecular formula is C8H10Br2. The topological polar surface area (TPSA) is 0 Å². The van der Waals surface area contributed by atoms with Gasteiger partial charge < -0.3 is 0 Å². The van der Waals surface area contributed by atoms with Crippen molar-refractivity contribution in [1.82, 2.24) is 0 Å². The van der Waals surface area contributed by atoms with Gasteiger partial charge in [0, 0.05) is 12.1 Å². The van der Waals surface area contributed by atoms with Crippen LogP contribution in [0.1, 0.15) is 22.0 Å². The Morgan fingerprint density at radius 3 is 3.20 bits per heavy atom. The van der Waals surface area contributed by atoms with Gasteiger partial charge in [-0.25, -0.2) is 0 Å². The molecule has 0 radical (unpaired) electrons. The van der Waals surface area contributed by atoms with Crippen LogP contribution in [-0.2, 0) is 0 Å². The van der Waals surface area contributed by atoms with Gasteiger partial charge in [0.25, 0.3) is 0 Å². The summed E-state index contributed by atoms with van der Waals surface area (Å²) in [5.41, 5.74) is 0. The van der Waals surface area contributed by atoms with Gasteiger partial charge in [0.05, 0.1) is 0 Å². The van der Waals surface area contributed by atoms with E-state index in [9.17, 15) is 0 Å². The maximum absolute atomic E-state index is 7.81. The van der Waals surface area contributed by atoms with Crippen molar-refractivity contribution < 1.29 is 2.74 Å². The van der Waals surface area contributed by atoms with Crippen molar-refractivity contribution in [2.24, 2.45) is 11.8 Å². The van der Waals surface area contributed by atoms with E-state index in [4.69, 9.17) is 2.74 Å². The molecular weight excluding hydrogens is 256 g/mol.